The molecular weight excluding hydrogens is 799 g/mol. The first-order valence-electron chi connectivity index (χ1n) is 25.3. The fraction of sp³-hybridized carbons (Fsp3) is 0.661. The van der Waals surface area contributed by atoms with Crippen LogP contribution in [0.3, 0.4) is 0 Å². The van der Waals surface area contributed by atoms with Crippen molar-refractivity contribution in [1.82, 2.24) is 0 Å². The van der Waals surface area contributed by atoms with Crippen LogP contribution in [0.25, 0.3) is 0 Å². The number of rotatable bonds is 44. The van der Waals surface area contributed by atoms with Gasteiger partial charge >= 0.3 is 17.9 Å². The zero-order chi connectivity index (χ0) is 47.0. The van der Waals surface area contributed by atoms with Crippen LogP contribution >= 0.6 is 0 Å². The summed E-state index contributed by atoms with van der Waals surface area (Å²) in [6.07, 6.45) is 61.9. The number of carbonyl (C=O) groups excluding carboxylic acids is 2. The number of unbranched alkanes of at least 4 members (excludes halogenated alkanes) is 14. The Bertz CT molecular complexity index is 1360. The van der Waals surface area contributed by atoms with E-state index < -0.39 is 24.1 Å². The summed E-state index contributed by atoms with van der Waals surface area (Å²) in [7, 11) is 5.50. The summed E-state index contributed by atoms with van der Waals surface area (Å²) in [6, 6.07) is -0.634. The maximum absolute atomic E-state index is 12.7. The third-order valence-corrected chi connectivity index (χ3v) is 10.7. The number of carbonyl (C=O) groups is 3. The molecule has 2 atom stereocenters. The first-order chi connectivity index (χ1) is 31.1. The van der Waals surface area contributed by atoms with Crippen LogP contribution < -0.4 is 0 Å². The summed E-state index contributed by atoms with van der Waals surface area (Å²) in [5.41, 5.74) is 0. The van der Waals surface area contributed by atoms with Crippen LogP contribution in [0.15, 0.2) is 97.2 Å². The minimum absolute atomic E-state index is 0.0239. The number of carboxylic acids is 1. The number of hydrogen-bond acceptors (Lipinski definition) is 6. The molecule has 0 bridgehead atoms. The fourth-order valence-corrected chi connectivity index (χ4v) is 6.85. The Balaban J connectivity index is 4.39. The van der Waals surface area contributed by atoms with Gasteiger partial charge in [-0.05, 0) is 83.5 Å². The van der Waals surface area contributed by atoms with Crippen molar-refractivity contribution in [3.05, 3.63) is 97.2 Å². The van der Waals surface area contributed by atoms with Crippen LogP contribution in [0, 0.1) is 0 Å². The number of hydrogen-bond donors (Lipinski definition) is 1. The van der Waals surface area contributed by atoms with Gasteiger partial charge in [-0.2, -0.15) is 0 Å². The summed E-state index contributed by atoms with van der Waals surface area (Å²) in [5.74, 6) is -1.59. The zero-order valence-electron chi connectivity index (χ0n) is 41.4. The summed E-state index contributed by atoms with van der Waals surface area (Å²) in [4.78, 5) is 37.1. The number of likely N-dealkylation sites (N-methyl/N-ethyl adjacent to an activating group) is 1. The molecule has 0 aliphatic rings. The molecule has 0 fully saturated rings. The zero-order valence-corrected chi connectivity index (χ0v) is 41.4. The topological polar surface area (TPSA) is 99.1 Å². The Kier molecular flexibility index (Phi) is 43.1. The summed E-state index contributed by atoms with van der Waals surface area (Å²) in [6.45, 7) is 4.52. The van der Waals surface area contributed by atoms with Gasteiger partial charge in [0.2, 0.25) is 0 Å². The maximum Gasteiger partial charge on any atom is 0.362 e. The van der Waals surface area contributed by atoms with Gasteiger partial charge in [0.25, 0.3) is 0 Å². The van der Waals surface area contributed by atoms with Gasteiger partial charge in [-0.1, -0.05) is 182 Å². The first kappa shape index (κ1) is 60.2. The predicted molar refractivity (Wildman–Crippen MR) is 270 cm³/mol. The van der Waals surface area contributed by atoms with E-state index >= 15 is 0 Å². The van der Waals surface area contributed by atoms with E-state index in [1.54, 1.807) is 0 Å². The van der Waals surface area contributed by atoms with E-state index in [-0.39, 0.29) is 36.7 Å². The summed E-state index contributed by atoms with van der Waals surface area (Å²) >= 11 is 0. The normalized spacial score (nSPS) is 13.7. The van der Waals surface area contributed by atoms with Crippen LogP contribution in [0.5, 0.6) is 0 Å². The third kappa shape index (κ3) is 43.5. The van der Waals surface area contributed by atoms with E-state index in [1.807, 2.05) is 33.3 Å². The largest absolute Gasteiger partial charge is 0.477 e. The molecule has 0 aromatic rings. The molecule has 0 aromatic heterocycles. The smallest absolute Gasteiger partial charge is 0.362 e. The van der Waals surface area contributed by atoms with Crippen molar-refractivity contribution < 1.29 is 38.2 Å². The molecule has 0 aromatic carbocycles. The number of ether oxygens (including phenoxy) is 3. The Labute approximate surface area is 392 Å². The van der Waals surface area contributed by atoms with E-state index in [9.17, 15) is 19.5 Å². The molecule has 8 nitrogen and oxygen atoms in total. The highest BCUT2D eigenvalue weighted by Crippen LogP contribution is 2.14. The average Bonchev–Trinajstić information content (AvgIpc) is 3.26. The second-order valence-corrected chi connectivity index (χ2v) is 17.7. The molecule has 0 saturated heterocycles. The lowest BCUT2D eigenvalue weighted by molar-refractivity contribution is -0.887. The van der Waals surface area contributed by atoms with Gasteiger partial charge in [0.15, 0.2) is 12.1 Å². The molecule has 364 valence electrons. The summed E-state index contributed by atoms with van der Waals surface area (Å²) < 4.78 is 17.2. The van der Waals surface area contributed by atoms with Gasteiger partial charge in [0.05, 0.1) is 34.4 Å². The van der Waals surface area contributed by atoms with E-state index in [2.05, 4.69) is 98.9 Å². The Morgan fingerprint density at radius 2 is 0.906 bits per heavy atom. The van der Waals surface area contributed by atoms with Crippen molar-refractivity contribution in [3.63, 3.8) is 0 Å². The highest BCUT2D eigenvalue weighted by Gasteiger charge is 2.31. The predicted octanol–water partition coefficient (Wildman–Crippen LogP) is 14.6. The molecule has 0 saturated carbocycles. The number of quaternary nitrogens is 1. The van der Waals surface area contributed by atoms with Gasteiger partial charge in [0, 0.05) is 19.3 Å². The molecule has 1 N–H and O–H groups in total. The lowest BCUT2D eigenvalue weighted by Gasteiger charge is -2.31. The van der Waals surface area contributed by atoms with Crippen LogP contribution in [0.2, 0.25) is 0 Å². The van der Waals surface area contributed by atoms with E-state index in [0.29, 0.717) is 19.3 Å². The highest BCUT2D eigenvalue weighted by molar-refractivity contribution is 5.72. The van der Waals surface area contributed by atoms with E-state index in [1.165, 1.54) is 83.5 Å². The second kappa shape index (κ2) is 45.8. The monoisotopic (exact) mass is 893 g/mol. The Hall–Kier alpha value is -3.75. The summed E-state index contributed by atoms with van der Waals surface area (Å²) in [5, 5.41) is 9.65. The molecule has 0 aliphatic heterocycles. The molecule has 2 unspecified atom stereocenters. The maximum atomic E-state index is 12.7. The fourth-order valence-electron chi connectivity index (χ4n) is 6.85. The van der Waals surface area contributed by atoms with Gasteiger partial charge in [-0.25, -0.2) is 4.79 Å². The third-order valence-electron chi connectivity index (χ3n) is 10.7. The molecule has 0 amide bonds. The Morgan fingerprint density at radius 1 is 0.484 bits per heavy atom. The molecule has 0 spiro atoms. The van der Waals surface area contributed by atoms with Crippen molar-refractivity contribution in [2.24, 2.45) is 0 Å². The molecule has 0 radical (unpaired) electrons. The van der Waals surface area contributed by atoms with Gasteiger partial charge in [-0.3, -0.25) is 9.59 Å². The second-order valence-electron chi connectivity index (χ2n) is 17.7. The lowest BCUT2D eigenvalue weighted by atomic mass is 10.1. The van der Waals surface area contributed by atoms with Crippen molar-refractivity contribution in [2.75, 3.05) is 41.0 Å². The molecule has 0 rings (SSSR count). The van der Waals surface area contributed by atoms with Crippen LogP contribution in [-0.2, 0) is 28.6 Å². The number of aliphatic carboxylic acids is 1. The number of nitrogens with zero attached hydrogens (tertiary/aromatic N) is 1. The van der Waals surface area contributed by atoms with E-state index in [0.717, 1.165) is 64.2 Å². The van der Waals surface area contributed by atoms with Crippen molar-refractivity contribution >= 4 is 17.9 Å². The number of esters is 2. The Morgan fingerprint density at radius 3 is 1.36 bits per heavy atom. The molecule has 0 heterocycles. The van der Waals surface area contributed by atoms with Gasteiger partial charge in [-0.15, -0.1) is 0 Å². The number of allylic oxidation sites excluding steroid dienone is 16. The molecular formula is C56H94NO7+. The highest BCUT2D eigenvalue weighted by atomic mass is 16.6. The first-order valence-corrected chi connectivity index (χ1v) is 25.3. The minimum Gasteiger partial charge on any atom is -0.477 e. The van der Waals surface area contributed by atoms with Crippen LogP contribution in [0.4, 0.5) is 0 Å². The van der Waals surface area contributed by atoms with Crippen LogP contribution in [0.1, 0.15) is 187 Å². The minimum atomic E-state index is -0.890. The van der Waals surface area contributed by atoms with Crippen molar-refractivity contribution in [2.45, 2.75) is 199 Å². The quantitative estimate of drug-likeness (QED) is 0.0281. The average molecular weight is 893 g/mol. The standard InChI is InChI=1S/C56H93NO7/c1-6-8-10-12-14-16-18-20-22-24-26-27-29-30-32-34-36-38-40-42-44-46-54(58)63-51-52(50-62-49-48-53(56(60)61)57(3,4)5)64-55(59)47-45-43-41-39-37-35-33-31-28-25-23-21-19-17-15-13-11-9-7-2/h9,11,15,17-18,20-21,23-24,26,28,31,35,37,41,43,52-53H,6-8,10,12-14,16,19,22,25,27,29-30,32-34,36,38-40,42,44-51H2,1-5H3/p+1/b11-9-,17-15-,20-18-,23-21-,26-24-,31-28-,37-35-,43-41-. The van der Waals surface area contributed by atoms with Crippen molar-refractivity contribution in [1.29, 1.82) is 0 Å². The van der Waals surface area contributed by atoms with Gasteiger partial charge in [0.1, 0.15) is 6.61 Å². The SMILES string of the molecule is CC/C=C\C/C=C\C/C=C\C/C=C\C/C=C\C/C=C\CCC(=O)OC(COCCC(C(=O)O)[N+](C)(C)C)COC(=O)CCCCCCCCCCC/C=C\C/C=C\CCCCCCC. The van der Waals surface area contributed by atoms with E-state index in [4.69, 9.17) is 14.2 Å². The molecule has 0 aliphatic carbocycles. The van der Waals surface area contributed by atoms with Crippen molar-refractivity contribution in [3.8, 4) is 0 Å². The number of carboxylic acid groups (broad SMARTS) is 1. The van der Waals surface area contributed by atoms with Crippen LogP contribution in [-0.4, -0.2) is 80.6 Å². The molecule has 8 heteroatoms. The van der Waals surface area contributed by atoms with Gasteiger partial charge < -0.3 is 23.8 Å². The molecule has 64 heavy (non-hydrogen) atoms. The lowest BCUT2D eigenvalue weighted by Crippen LogP contribution is -2.50.